The molecule has 0 unspecified atom stereocenters. The van der Waals surface area contributed by atoms with Crippen molar-refractivity contribution >= 4 is 11.7 Å². The highest BCUT2D eigenvalue weighted by atomic mass is 16.2. The van der Waals surface area contributed by atoms with Crippen molar-refractivity contribution in [1.82, 2.24) is 19.3 Å². The van der Waals surface area contributed by atoms with Crippen LogP contribution in [0.25, 0.3) is 5.69 Å². The Labute approximate surface area is 161 Å². The third-order valence-corrected chi connectivity index (χ3v) is 4.80. The zero-order valence-corrected chi connectivity index (χ0v) is 15.1. The molecule has 1 amide bonds. The van der Waals surface area contributed by atoms with Gasteiger partial charge >= 0.3 is 0 Å². The van der Waals surface area contributed by atoms with E-state index in [0.29, 0.717) is 11.4 Å². The lowest BCUT2D eigenvalue weighted by molar-refractivity contribution is -0.116. The van der Waals surface area contributed by atoms with Crippen molar-refractivity contribution in [3.05, 3.63) is 59.3 Å². The normalized spacial score (nSPS) is 12.6. The van der Waals surface area contributed by atoms with Crippen molar-refractivity contribution < 1.29 is 4.79 Å². The maximum Gasteiger partial charge on any atom is 0.252 e. The van der Waals surface area contributed by atoms with Crippen LogP contribution in [0.5, 0.6) is 0 Å². The van der Waals surface area contributed by atoms with Gasteiger partial charge in [0.15, 0.2) is 0 Å². The summed E-state index contributed by atoms with van der Waals surface area (Å²) < 4.78 is 3.28. The molecule has 2 heterocycles. The van der Waals surface area contributed by atoms with Crippen LogP contribution in [0.1, 0.15) is 35.5 Å². The van der Waals surface area contributed by atoms with Gasteiger partial charge in [-0.2, -0.15) is 10.5 Å². The first-order valence-electron chi connectivity index (χ1n) is 9.02. The number of anilines is 1. The molecule has 0 radical (unpaired) electrons. The van der Waals surface area contributed by atoms with Crippen LogP contribution in [0.3, 0.4) is 0 Å². The van der Waals surface area contributed by atoms with Crippen LogP contribution in [0.2, 0.25) is 0 Å². The molecule has 3 aromatic rings. The van der Waals surface area contributed by atoms with Crippen molar-refractivity contribution in [3.63, 3.8) is 0 Å². The summed E-state index contributed by atoms with van der Waals surface area (Å²) in [5, 5.41) is 25.4. The van der Waals surface area contributed by atoms with E-state index >= 15 is 0 Å². The zero-order valence-electron chi connectivity index (χ0n) is 15.1. The van der Waals surface area contributed by atoms with E-state index in [1.165, 1.54) is 11.0 Å². The van der Waals surface area contributed by atoms with E-state index < -0.39 is 0 Å². The smallest absolute Gasteiger partial charge is 0.252 e. The Balaban J connectivity index is 1.73. The quantitative estimate of drug-likeness (QED) is 0.756. The first-order chi connectivity index (χ1) is 13.7. The second-order valence-corrected chi connectivity index (χ2v) is 6.56. The number of nitrogens with one attached hydrogen (secondary N) is 1. The van der Waals surface area contributed by atoms with Crippen molar-refractivity contribution in [2.24, 2.45) is 0 Å². The summed E-state index contributed by atoms with van der Waals surface area (Å²) in [6, 6.07) is 13.8. The number of nitriles is 2. The summed E-state index contributed by atoms with van der Waals surface area (Å²) >= 11 is 0. The van der Waals surface area contributed by atoms with Crippen molar-refractivity contribution in [2.75, 3.05) is 5.32 Å². The number of carbonyl (C=O) groups is 1. The molecule has 1 N–H and O–H groups in total. The molecule has 2 aromatic heterocycles. The molecular formula is C20H17N7O. The van der Waals surface area contributed by atoms with Crippen molar-refractivity contribution in [2.45, 2.75) is 32.2 Å². The van der Waals surface area contributed by atoms with Gasteiger partial charge in [0, 0.05) is 11.4 Å². The summed E-state index contributed by atoms with van der Waals surface area (Å²) in [4.78, 5) is 16.4. The van der Waals surface area contributed by atoms with Crippen LogP contribution in [-0.4, -0.2) is 25.2 Å². The van der Waals surface area contributed by atoms with Crippen LogP contribution >= 0.6 is 0 Å². The number of para-hydroxylation sites is 1. The number of aromatic nitrogens is 4. The molecule has 138 valence electrons. The number of nitrogens with zero attached hydrogens (tertiary/aromatic N) is 6. The number of carbonyl (C=O) groups excluding carboxylic acids is 1. The number of amides is 1. The van der Waals surface area contributed by atoms with Crippen LogP contribution in [0.15, 0.2) is 36.7 Å². The van der Waals surface area contributed by atoms with E-state index in [9.17, 15) is 10.1 Å². The van der Waals surface area contributed by atoms with Gasteiger partial charge in [-0.3, -0.25) is 9.36 Å². The van der Waals surface area contributed by atoms with E-state index in [-0.39, 0.29) is 18.3 Å². The van der Waals surface area contributed by atoms with Crippen molar-refractivity contribution in [1.29, 1.82) is 10.5 Å². The average Bonchev–Trinajstić information content (AvgIpc) is 3.30. The van der Waals surface area contributed by atoms with E-state index in [0.717, 1.165) is 42.6 Å². The number of benzene rings is 1. The molecule has 1 aliphatic rings. The Hall–Kier alpha value is -3.91. The Morgan fingerprint density at radius 2 is 1.93 bits per heavy atom. The molecule has 0 saturated carbocycles. The fourth-order valence-electron chi connectivity index (χ4n) is 3.64. The Morgan fingerprint density at radius 3 is 2.64 bits per heavy atom. The Morgan fingerprint density at radius 1 is 1.14 bits per heavy atom. The fraction of sp³-hybridized carbons (Fsp3) is 0.250. The maximum absolute atomic E-state index is 12.6. The standard InChI is InChI=1S/C20H17N7O/c21-10-16-15-8-4-5-9-17(15)27(14-6-2-1-3-7-14)20(16)24-19(28)12-26-13-23-18(11-22)25-26/h1-3,6-7,13H,4-5,8-9,12H2,(H,24,28). The monoisotopic (exact) mass is 371 g/mol. The molecule has 0 fully saturated rings. The molecule has 0 spiro atoms. The first-order valence-corrected chi connectivity index (χ1v) is 9.02. The minimum absolute atomic E-state index is 0.00800. The van der Waals surface area contributed by atoms with Gasteiger partial charge < -0.3 is 5.32 Å². The summed E-state index contributed by atoms with van der Waals surface area (Å²) in [5.41, 5.74) is 3.52. The summed E-state index contributed by atoms with van der Waals surface area (Å²) in [6.45, 7) is -0.0931. The summed E-state index contributed by atoms with van der Waals surface area (Å²) in [6.07, 6.45) is 5.12. The number of hydrogen-bond donors (Lipinski definition) is 1. The predicted octanol–water partition coefficient (Wildman–Crippen LogP) is 2.33. The molecule has 0 atom stereocenters. The highest BCUT2D eigenvalue weighted by Crippen LogP contribution is 2.35. The van der Waals surface area contributed by atoms with E-state index in [4.69, 9.17) is 5.26 Å². The molecule has 8 heteroatoms. The molecule has 4 rings (SSSR count). The Kier molecular flexibility index (Phi) is 4.61. The van der Waals surface area contributed by atoms with Gasteiger partial charge in [-0.15, -0.1) is 5.10 Å². The second-order valence-electron chi connectivity index (χ2n) is 6.56. The average molecular weight is 371 g/mol. The molecule has 1 aromatic carbocycles. The fourth-order valence-corrected chi connectivity index (χ4v) is 3.64. The van der Waals surface area contributed by atoms with E-state index in [2.05, 4.69) is 21.5 Å². The molecule has 8 nitrogen and oxygen atoms in total. The van der Waals surface area contributed by atoms with Crippen LogP contribution in [-0.2, 0) is 24.2 Å². The molecule has 1 aliphatic carbocycles. The maximum atomic E-state index is 12.6. The van der Waals surface area contributed by atoms with Gasteiger partial charge in [0.1, 0.15) is 30.8 Å². The van der Waals surface area contributed by atoms with Crippen LogP contribution in [0.4, 0.5) is 5.82 Å². The lowest BCUT2D eigenvalue weighted by Gasteiger charge is -2.17. The predicted molar refractivity (Wildman–Crippen MR) is 100 cm³/mol. The zero-order chi connectivity index (χ0) is 19.5. The lowest BCUT2D eigenvalue weighted by atomic mass is 9.95. The highest BCUT2D eigenvalue weighted by molar-refractivity contribution is 5.92. The lowest BCUT2D eigenvalue weighted by Crippen LogP contribution is -2.21. The minimum Gasteiger partial charge on any atom is -0.309 e. The number of hydrogen-bond acceptors (Lipinski definition) is 5. The minimum atomic E-state index is -0.335. The first kappa shape index (κ1) is 17.5. The van der Waals surface area contributed by atoms with Crippen LogP contribution < -0.4 is 5.32 Å². The summed E-state index contributed by atoms with van der Waals surface area (Å²) in [7, 11) is 0. The molecular weight excluding hydrogens is 354 g/mol. The van der Waals surface area contributed by atoms with Gasteiger partial charge in [0.05, 0.1) is 5.56 Å². The highest BCUT2D eigenvalue weighted by Gasteiger charge is 2.26. The number of fused-ring (bicyclic) bond motifs is 1. The largest absolute Gasteiger partial charge is 0.309 e. The van der Waals surface area contributed by atoms with Crippen LogP contribution in [0, 0.1) is 22.7 Å². The topological polar surface area (TPSA) is 112 Å². The summed E-state index contributed by atoms with van der Waals surface area (Å²) in [5.74, 6) is 0.165. The van der Waals surface area contributed by atoms with Gasteiger partial charge in [-0.25, -0.2) is 9.67 Å². The van der Waals surface area contributed by atoms with Gasteiger partial charge in [-0.05, 0) is 43.4 Å². The van der Waals surface area contributed by atoms with Gasteiger partial charge in [0.25, 0.3) is 5.82 Å². The third kappa shape index (κ3) is 3.12. The van der Waals surface area contributed by atoms with E-state index in [1.54, 1.807) is 0 Å². The molecule has 28 heavy (non-hydrogen) atoms. The molecule has 0 saturated heterocycles. The SMILES string of the molecule is N#Cc1ncn(CC(=O)Nc2c(C#N)c3c(n2-c2ccccc2)CCCC3)n1. The van der Waals surface area contributed by atoms with Crippen molar-refractivity contribution in [3.8, 4) is 17.8 Å². The molecule has 0 aliphatic heterocycles. The second kappa shape index (κ2) is 7.37. The van der Waals surface area contributed by atoms with Gasteiger partial charge in [0.2, 0.25) is 5.91 Å². The van der Waals surface area contributed by atoms with Gasteiger partial charge in [-0.1, -0.05) is 18.2 Å². The third-order valence-electron chi connectivity index (χ3n) is 4.80. The van der Waals surface area contributed by atoms with E-state index in [1.807, 2.05) is 41.0 Å². The molecule has 0 bridgehead atoms. The number of rotatable bonds is 4. The Bertz CT molecular complexity index is 1110.